The highest BCUT2D eigenvalue weighted by Crippen LogP contribution is 2.05. The number of nitrogens with one attached hydrogen (secondary N) is 1. The average Bonchev–Trinajstić information content (AvgIpc) is 1.87. The van der Waals surface area contributed by atoms with Crippen LogP contribution in [-0.2, 0) is 9.63 Å². The van der Waals surface area contributed by atoms with Gasteiger partial charge in [-0.3, -0.25) is 9.63 Å². The highest BCUT2D eigenvalue weighted by Gasteiger charge is 2.00. The molecule has 0 aliphatic heterocycles. The van der Waals surface area contributed by atoms with Gasteiger partial charge in [0.15, 0.2) is 0 Å². The molecule has 3 nitrogen and oxygen atoms in total. The van der Waals surface area contributed by atoms with Crippen molar-refractivity contribution in [2.24, 2.45) is 5.92 Å². The van der Waals surface area contributed by atoms with Gasteiger partial charge in [-0.1, -0.05) is 20.3 Å². The second-order valence-electron chi connectivity index (χ2n) is 3.02. The fourth-order valence-electron chi connectivity index (χ4n) is 0.836. The van der Waals surface area contributed by atoms with Crippen LogP contribution in [0.2, 0.25) is 0 Å². The number of rotatable bonds is 5. The number of amides is 1. The van der Waals surface area contributed by atoms with Crippen LogP contribution in [0.5, 0.6) is 0 Å². The van der Waals surface area contributed by atoms with E-state index < -0.39 is 0 Å². The molecule has 0 bridgehead atoms. The van der Waals surface area contributed by atoms with E-state index in [-0.39, 0.29) is 7.33 Å². The van der Waals surface area contributed by atoms with Crippen molar-refractivity contribution >= 4 is 5.91 Å². The Morgan fingerprint density at radius 1 is 1.64 bits per heavy atom. The van der Waals surface area contributed by atoms with Gasteiger partial charge in [-0.05, 0) is 12.3 Å². The van der Waals surface area contributed by atoms with Crippen LogP contribution in [0.1, 0.15) is 34.5 Å². The van der Waals surface area contributed by atoms with Crippen molar-refractivity contribution in [3.05, 3.63) is 0 Å². The van der Waals surface area contributed by atoms with Gasteiger partial charge in [0.1, 0.15) is 0 Å². The molecular weight excluding hydrogens is 142 g/mol. The Balaban J connectivity index is 0. The van der Waals surface area contributed by atoms with E-state index in [4.69, 9.17) is 0 Å². The maximum Gasteiger partial charge on any atom is 0.243 e. The summed E-state index contributed by atoms with van der Waals surface area (Å²) in [6, 6.07) is 0. The first-order valence-corrected chi connectivity index (χ1v) is 3.98. The smallest absolute Gasteiger partial charge is 0.243 e. The molecule has 0 unspecified atom stereocenters. The van der Waals surface area contributed by atoms with Crippen LogP contribution in [0.4, 0.5) is 0 Å². The van der Waals surface area contributed by atoms with Crippen LogP contribution in [0.25, 0.3) is 0 Å². The molecule has 11 heavy (non-hydrogen) atoms. The van der Waals surface area contributed by atoms with Crippen LogP contribution in [0.15, 0.2) is 0 Å². The Morgan fingerprint density at radius 2 is 2.27 bits per heavy atom. The normalized spacial score (nSPS) is 10.2. The highest BCUT2D eigenvalue weighted by atomic mass is 16.6. The van der Waals surface area contributed by atoms with Gasteiger partial charge in [0, 0.05) is 7.85 Å². The third kappa shape index (κ3) is 7.33. The molecule has 68 valence electrons. The van der Waals surface area contributed by atoms with Crippen LogP contribution < -0.4 is 5.48 Å². The molecular formula is C8H19NO2. The summed E-state index contributed by atoms with van der Waals surface area (Å²) in [6.07, 6.45) is 2.59. The summed E-state index contributed by atoms with van der Waals surface area (Å²) in [5.41, 5.74) is 2.28. The molecule has 0 aliphatic rings. The first-order chi connectivity index (χ1) is 5.16. The van der Waals surface area contributed by atoms with E-state index in [0.717, 1.165) is 12.8 Å². The molecule has 0 aromatic rings. The number of hydrogen-bond acceptors (Lipinski definition) is 2. The topological polar surface area (TPSA) is 38.3 Å². The van der Waals surface area contributed by atoms with Gasteiger partial charge in [-0.2, -0.15) is 0 Å². The predicted molar refractivity (Wildman–Crippen MR) is 46.0 cm³/mol. The van der Waals surface area contributed by atoms with Crippen molar-refractivity contribution in [3.63, 3.8) is 0 Å². The van der Waals surface area contributed by atoms with E-state index in [1.54, 1.807) is 0 Å². The van der Waals surface area contributed by atoms with E-state index in [2.05, 4.69) is 24.2 Å². The van der Waals surface area contributed by atoms with Crippen LogP contribution >= 0.6 is 0 Å². The zero-order chi connectivity index (χ0) is 8.69. The highest BCUT2D eigenvalue weighted by molar-refractivity contribution is 5.74. The summed E-state index contributed by atoms with van der Waals surface area (Å²) in [5, 5.41) is 0. The summed E-state index contributed by atoms with van der Waals surface area (Å²) in [5.74, 6) is 0.637. The van der Waals surface area contributed by atoms with E-state index >= 15 is 0 Å². The zero-order valence-corrected chi connectivity index (χ0v) is 7.52. The van der Waals surface area contributed by atoms with Crippen LogP contribution in [-0.4, -0.2) is 13.0 Å². The number of hydrogen-bond donors (Lipinski definition) is 1. The first-order valence-electron chi connectivity index (χ1n) is 3.98. The second-order valence-corrected chi connectivity index (χ2v) is 3.02. The van der Waals surface area contributed by atoms with E-state index in [1.165, 1.54) is 7.11 Å². The number of hydroxylamine groups is 1. The van der Waals surface area contributed by atoms with Gasteiger partial charge in [0.05, 0.1) is 7.11 Å². The molecule has 3 heteroatoms. The van der Waals surface area contributed by atoms with Crippen LogP contribution in [0.3, 0.4) is 0 Å². The van der Waals surface area contributed by atoms with Gasteiger partial charge in [-0.25, -0.2) is 5.48 Å². The average molecular weight is 161 g/mol. The predicted octanol–water partition coefficient (Wildman–Crippen LogP) is 1.74. The SMILES string of the molecule is CONC(=O)CCCC(C)C.[HH]. The van der Waals surface area contributed by atoms with Crippen LogP contribution in [0, 0.1) is 5.92 Å². The van der Waals surface area contributed by atoms with E-state index in [9.17, 15) is 4.79 Å². The van der Waals surface area contributed by atoms with Crippen molar-refractivity contribution in [2.75, 3.05) is 7.11 Å². The maximum absolute atomic E-state index is 10.8. The van der Waals surface area contributed by atoms with Crippen molar-refractivity contribution < 1.29 is 11.1 Å². The Labute approximate surface area is 69.6 Å². The molecule has 0 spiro atoms. The van der Waals surface area contributed by atoms with Crippen molar-refractivity contribution in [1.82, 2.24) is 5.48 Å². The largest absolute Gasteiger partial charge is 0.277 e. The number of carbonyl (C=O) groups excluding carboxylic acids is 1. The summed E-state index contributed by atoms with van der Waals surface area (Å²) >= 11 is 0. The molecule has 0 atom stereocenters. The summed E-state index contributed by atoms with van der Waals surface area (Å²) in [7, 11) is 1.44. The zero-order valence-electron chi connectivity index (χ0n) is 7.52. The minimum absolute atomic E-state index is 0. The molecule has 0 aromatic heterocycles. The Kier molecular flexibility index (Phi) is 5.84. The fraction of sp³-hybridized carbons (Fsp3) is 0.875. The molecule has 0 heterocycles. The molecule has 0 fully saturated rings. The first kappa shape index (κ1) is 10.4. The van der Waals surface area contributed by atoms with E-state index in [1.807, 2.05) is 0 Å². The Bertz CT molecular complexity index is 118. The Hall–Kier alpha value is -0.570. The molecule has 0 radical (unpaired) electrons. The maximum atomic E-state index is 10.8. The molecule has 1 amide bonds. The quantitative estimate of drug-likeness (QED) is 0.624. The lowest BCUT2D eigenvalue weighted by atomic mass is 10.1. The summed E-state index contributed by atoms with van der Waals surface area (Å²) in [6.45, 7) is 4.29. The van der Waals surface area contributed by atoms with Gasteiger partial charge in [0.25, 0.3) is 0 Å². The summed E-state index contributed by atoms with van der Waals surface area (Å²) < 4.78 is 0. The molecule has 0 saturated carbocycles. The van der Waals surface area contributed by atoms with Crippen molar-refractivity contribution in [3.8, 4) is 0 Å². The minimum atomic E-state index is -0.0341. The van der Waals surface area contributed by atoms with Gasteiger partial charge >= 0.3 is 0 Å². The lowest BCUT2D eigenvalue weighted by Gasteiger charge is -2.03. The molecule has 0 rings (SSSR count). The molecule has 0 aliphatic carbocycles. The Morgan fingerprint density at radius 3 is 2.73 bits per heavy atom. The van der Waals surface area contributed by atoms with Crippen molar-refractivity contribution in [1.29, 1.82) is 0 Å². The summed E-state index contributed by atoms with van der Waals surface area (Å²) in [4.78, 5) is 15.3. The standard InChI is InChI=1S/C8H17NO2.H2/c1-7(2)5-4-6-8(10)9-11-3;/h7H,4-6H2,1-3H3,(H,9,10);1H. The monoisotopic (exact) mass is 161 g/mol. The second kappa shape index (κ2) is 6.16. The third-order valence-corrected chi connectivity index (χ3v) is 1.40. The number of carbonyl (C=O) groups is 1. The van der Waals surface area contributed by atoms with Crippen molar-refractivity contribution in [2.45, 2.75) is 33.1 Å². The third-order valence-electron chi connectivity index (χ3n) is 1.40. The lowest BCUT2D eigenvalue weighted by Crippen LogP contribution is -2.21. The van der Waals surface area contributed by atoms with Gasteiger partial charge in [-0.15, -0.1) is 0 Å². The van der Waals surface area contributed by atoms with Gasteiger partial charge < -0.3 is 0 Å². The fourth-order valence-corrected chi connectivity index (χ4v) is 0.836. The molecule has 0 aromatic carbocycles. The van der Waals surface area contributed by atoms with E-state index in [0.29, 0.717) is 12.3 Å². The minimum Gasteiger partial charge on any atom is -0.277 e. The lowest BCUT2D eigenvalue weighted by molar-refractivity contribution is -0.131. The molecule has 1 N–H and O–H groups in total. The van der Waals surface area contributed by atoms with Gasteiger partial charge in [0.2, 0.25) is 5.91 Å². The molecule has 0 saturated heterocycles.